The lowest BCUT2D eigenvalue weighted by Crippen LogP contribution is -2.43. The molecule has 0 spiro atoms. The second-order valence-electron chi connectivity index (χ2n) is 6.60. The van der Waals surface area contributed by atoms with Crippen LogP contribution >= 0.6 is 23.2 Å². The summed E-state index contributed by atoms with van der Waals surface area (Å²) in [6.07, 6.45) is 1.99. The molecule has 0 N–H and O–H groups in total. The van der Waals surface area contributed by atoms with Crippen LogP contribution in [-0.4, -0.2) is 37.0 Å². The minimum Gasteiger partial charge on any atom is -0.457 e. The van der Waals surface area contributed by atoms with Crippen LogP contribution in [0.5, 0.6) is 0 Å². The molecule has 0 radical (unpaired) electrons. The number of hydrogen-bond donors (Lipinski definition) is 0. The van der Waals surface area contributed by atoms with Crippen LogP contribution in [-0.2, 0) is 14.3 Å². The fraction of sp³-hybridized carbons (Fsp3) is 0.227. The van der Waals surface area contributed by atoms with Crippen molar-refractivity contribution in [2.75, 3.05) is 20.3 Å². The molecule has 2 aromatic rings. The number of hydrogen-bond acceptors (Lipinski definition) is 5. The Balaban J connectivity index is 1.99. The Hall–Kier alpha value is -2.85. The normalized spacial score (nSPS) is 15.8. The first-order valence-electron chi connectivity index (χ1n) is 9.10. The lowest BCUT2D eigenvalue weighted by atomic mass is 9.94. The Morgan fingerprint density at radius 2 is 1.97 bits per heavy atom. The van der Waals surface area contributed by atoms with Gasteiger partial charge in [0, 0.05) is 36.4 Å². The number of carbonyl (C=O) groups is 2. The van der Waals surface area contributed by atoms with Gasteiger partial charge in [-0.3, -0.25) is 14.5 Å². The minimum atomic E-state index is -0.598. The van der Waals surface area contributed by atoms with E-state index in [4.69, 9.17) is 32.4 Å². The van der Waals surface area contributed by atoms with Gasteiger partial charge in [0.2, 0.25) is 0 Å². The predicted molar refractivity (Wildman–Crippen MR) is 114 cm³/mol. The van der Waals surface area contributed by atoms with Crippen LogP contribution in [0.3, 0.4) is 0 Å². The fourth-order valence-electron chi connectivity index (χ4n) is 3.10. The van der Waals surface area contributed by atoms with E-state index in [-0.39, 0.29) is 17.7 Å². The number of amides is 2. The van der Waals surface area contributed by atoms with Crippen molar-refractivity contribution in [1.29, 1.82) is 5.26 Å². The van der Waals surface area contributed by atoms with E-state index in [0.29, 0.717) is 45.7 Å². The first-order chi connectivity index (χ1) is 14.4. The van der Waals surface area contributed by atoms with E-state index in [2.05, 4.69) is 0 Å². The summed E-state index contributed by atoms with van der Waals surface area (Å²) in [7, 11) is 1.54. The van der Waals surface area contributed by atoms with Gasteiger partial charge < -0.3 is 9.15 Å². The fourth-order valence-corrected chi connectivity index (χ4v) is 3.49. The third-order valence-electron chi connectivity index (χ3n) is 4.66. The molecule has 2 amide bonds. The molecule has 0 aliphatic carbocycles. The predicted octanol–water partition coefficient (Wildman–Crippen LogP) is 4.88. The van der Waals surface area contributed by atoms with Crippen molar-refractivity contribution in [3.63, 3.8) is 0 Å². The molecule has 1 aromatic carbocycles. The zero-order chi connectivity index (χ0) is 21.8. The van der Waals surface area contributed by atoms with Crippen LogP contribution in [0.25, 0.3) is 17.4 Å². The lowest BCUT2D eigenvalue weighted by Gasteiger charge is -2.27. The lowest BCUT2D eigenvalue weighted by molar-refractivity contribution is -0.140. The number of rotatable bonds is 6. The van der Waals surface area contributed by atoms with Gasteiger partial charge in [0.15, 0.2) is 0 Å². The van der Waals surface area contributed by atoms with Gasteiger partial charge in [0.1, 0.15) is 23.2 Å². The summed E-state index contributed by atoms with van der Waals surface area (Å²) in [5, 5.41) is 10.4. The summed E-state index contributed by atoms with van der Waals surface area (Å²) in [6, 6.07) is 10.3. The number of carbonyl (C=O) groups excluding carboxylic acids is 2. The molecule has 1 aliphatic heterocycles. The summed E-state index contributed by atoms with van der Waals surface area (Å²) in [5.74, 6) is -0.217. The summed E-state index contributed by atoms with van der Waals surface area (Å²) < 4.78 is 10.8. The molecule has 30 heavy (non-hydrogen) atoms. The van der Waals surface area contributed by atoms with Gasteiger partial charge in [-0.25, -0.2) is 0 Å². The third kappa shape index (κ3) is 4.34. The maximum absolute atomic E-state index is 13.0. The molecule has 0 fully saturated rings. The van der Waals surface area contributed by atoms with E-state index < -0.39 is 11.8 Å². The SMILES string of the molecule is COCCCN1C(=O)C(C#N)=C(C)/C(=C\c2ccc(-c3cc(Cl)ccc3Cl)o2)C1=O. The molecular weight excluding hydrogens is 427 g/mol. The van der Waals surface area contributed by atoms with Crippen LogP contribution in [0.2, 0.25) is 10.0 Å². The highest BCUT2D eigenvalue weighted by atomic mass is 35.5. The molecule has 1 aromatic heterocycles. The van der Waals surface area contributed by atoms with Gasteiger partial charge in [-0.1, -0.05) is 23.2 Å². The van der Waals surface area contributed by atoms with Crippen molar-refractivity contribution >= 4 is 41.1 Å². The first-order valence-corrected chi connectivity index (χ1v) is 9.86. The van der Waals surface area contributed by atoms with Crippen molar-refractivity contribution in [3.8, 4) is 17.4 Å². The van der Waals surface area contributed by atoms with Crippen LogP contribution in [0.4, 0.5) is 0 Å². The highest BCUT2D eigenvalue weighted by Crippen LogP contribution is 2.33. The molecule has 0 atom stereocenters. The number of nitriles is 1. The van der Waals surface area contributed by atoms with Crippen LogP contribution in [0, 0.1) is 11.3 Å². The number of halogens is 2. The highest BCUT2D eigenvalue weighted by Gasteiger charge is 2.35. The smallest absolute Gasteiger partial charge is 0.271 e. The Kier molecular flexibility index (Phi) is 6.78. The molecule has 3 rings (SSSR count). The van der Waals surface area contributed by atoms with Gasteiger partial charge in [0.05, 0.1) is 5.02 Å². The number of benzene rings is 1. The maximum Gasteiger partial charge on any atom is 0.271 e. The van der Waals surface area contributed by atoms with Crippen LogP contribution in [0.15, 0.2) is 51.5 Å². The Labute approximate surface area is 183 Å². The van der Waals surface area contributed by atoms with E-state index in [1.807, 2.05) is 6.07 Å². The van der Waals surface area contributed by atoms with E-state index in [9.17, 15) is 14.9 Å². The highest BCUT2D eigenvalue weighted by molar-refractivity contribution is 6.35. The molecule has 2 heterocycles. The summed E-state index contributed by atoms with van der Waals surface area (Å²) in [6.45, 7) is 2.12. The number of furan rings is 1. The second-order valence-corrected chi connectivity index (χ2v) is 7.45. The maximum atomic E-state index is 13.0. The standard InChI is InChI=1S/C22H18Cl2N2O4/c1-13-16(21(27)26(8-3-9-29-2)22(28)18(13)12-25)11-15-5-7-20(30-15)17-10-14(23)4-6-19(17)24/h4-7,10-11H,3,8-9H2,1-2H3/b16-11+. The quantitative estimate of drug-likeness (QED) is 0.360. The monoisotopic (exact) mass is 444 g/mol. The van der Waals surface area contributed by atoms with Crippen LogP contribution < -0.4 is 0 Å². The topological polar surface area (TPSA) is 83.5 Å². The second kappa shape index (κ2) is 9.31. The largest absolute Gasteiger partial charge is 0.457 e. The van der Waals surface area contributed by atoms with E-state index in [1.54, 1.807) is 37.3 Å². The van der Waals surface area contributed by atoms with Gasteiger partial charge in [0.25, 0.3) is 11.8 Å². The number of nitrogens with zero attached hydrogens (tertiary/aromatic N) is 2. The van der Waals surface area contributed by atoms with Crippen molar-refractivity contribution in [1.82, 2.24) is 4.90 Å². The molecule has 1 aliphatic rings. The van der Waals surface area contributed by atoms with E-state index >= 15 is 0 Å². The number of methoxy groups -OCH3 is 1. The number of imide groups is 1. The molecule has 0 unspecified atom stereocenters. The molecule has 154 valence electrons. The van der Waals surface area contributed by atoms with E-state index in [1.165, 1.54) is 13.2 Å². The molecular formula is C22H18Cl2N2O4. The van der Waals surface area contributed by atoms with Crippen molar-refractivity contribution in [3.05, 3.63) is 62.9 Å². The van der Waals surface area contributed by atoms with Gasteiger partial charge in [-0.2, -0.15) is 5.26 Å². The molecule has 0 saturated carbocycles. The minimum absolute atomic E-state index is 0.0667. The Bertz CT molecular complexity index is 1110. The summed E-state index contributed by atoms with van der Waals surface area (Å²) >= 11 is 12.3. The number of ether oxygens (including phenoxy) is 1. The zero-order valence-electron chi connectivity index (χ0n) is 16.4. The summed E-state index contributed by atoms with van der Waals surface area (Å²) in [4.78, 5) is 26.6. The summed E-state index contributed by atoms with van der Waals surface area (Å²) in [5.41, 5.74) is 1.09. The van der Waals surface area contributed by atoms with Gasteiger partial charge in [-0.15, -0.1) is 0 Å². The van der Waals surface area contributed by atoms with Crippen molar-refractivity contribution < 1.29 is 18.7 Å². The average Bonchev–Trinajstić information content (AvgIpc) is 3.18. The van der Waals surface area contributed by atoms with Crippen molar-refractivity contribution in [2.45, 2.75) is 13.3 Å². The first kappa shape index (κ1) is 21.8. The Morgan fingerprint density at radius 1 is 1.20 bits per heavy atom. The van der Waals surface area contributed by atoms with Gasteiger partial charge >= 0.3 is 0 Å². The molecule has 0 saturated heterocycles. The van der Waals surface area contributed by atoms with Gasteiger partial charge in [-0.05, 0) is 55.3 Å². The van der Waals surface area contributed by atoms with Crippen LogP contribution in [0.1, 0.15) is 19.1 Å². The zero-order valence-corrected chi connectivity index (χ0v) is 17.9. The third-order valence-corrected chi connectivity index (χ3v) is 5.23. The molecule has 8 heteroatoms. The molecule has 0 bridgehead atoms. The van der Waals surface area contributed by atoms with E-state index in [0.717, 1.165) is 4.90 Å². The van der Waals surface area contributed by atoms with Crippen molar-refractivity contribution in [2.24, 2.45) is 0 Å². The molecule has 6 nitrogen and oxygen atoms in total. The average molecular weight is 445 g/mol. The Morgan fingerprint density at radius 3 is 2.67 bits per heavy atom.